The fourth-order valence-corrected chi connectivity index (χ4v) is 2.11. The zero-order valence-electron chi connectivity index (χ0n) is 10.9. The largest absolute Gasteiger partial charge is 0.352 e. The van der Waals surface area contributed by atoms with Crippen LogP contribution in [0, 0.1) is 5.82 Å². The summed E-state index contributed by atoms with van der Waals surface area (Å²) >= 11 is 0. The van der Waals surface area contributed by atoms with E-state index < -0.39 is 6.04 Å². The van der Waals surface area contributed by atoms with E-state index in [-0.39, 0.29) is 17.8 Å². The zero-order valence-corrected chi connectivity index (χ0v) is 10.9. The topological polar surface area (TPSA) is 52.7 Å². The number of nitrogens with one attached hydrogen (secondary N) is 1. The van der Waals surface area contributed by atoms with Gasteiger partial charge in [-0.05, 0) is 17.7 Å². The number of halogens is 1. The molecule has 0 spiro atoms. The van der Waals surface area contributed by atoms with Crippen LogP contribution in [0.1, 0.15) is 11.6 Å². The minimum Gasteiger partial charge on any atom is -0.352 e. The molecule has 1 heterocycles. The molecule has 19 heavy (non-hydrogen) atoms. The van der Waals surface area contributed by atoms with Crippen LogP contribution in [0.4, 0.5) is 9.18 Å². The van der Waals surface area contributed by atoms with E-state index in [0.717, 1.165) is 0 Å². The molecule has 1 fully saturated rings. The summed E-state index contributed by atoms with van der Waals surface area (Å²) in [5, 5.41) is 2.72. The van der Waals surface area contributed by atoms with Crippen LogP contribution in [0.5, 0.6) is 0 Å². The van der Waals surface area contributed by atoms with Crippen molar-refractivity contribution in [1.82, 2.24) is 15.1 Å². The highest BCUT2D eigenvalue weighted by molar-refractivity contribution is 5.89. The molecule has 0 aliphatic carbocycles. The molecular formula is C13H16FN3O2. The van der Waals surface area contributed by atoms with Gasteiger partial charge in [0, 0.05) is 27.2 Å². The molecule has 0 aromatic heterocycles. The average Bonchev–Trinajstić information content (AvgIpc) is 2.39. The van der Waals surface area contributed by atoms with Gasteiger partial charge in [0.05, 0.1) is 0 Å². The van der Waals surface area contributed by atoms with Crippen molar-refractivity contribution >= 4 is 11.9 Å². The first kappa shape index (κ1) is 13.3. The highest BCUT2D eigenvalue weighted by atomic mass is 19.1. The number of nitrogens with zero attached hydrogens (tertiary/aromatic N) is 2. The number of benzene rings is 1. The highest BCUT2D eigenvalue weighted by Gasteiger charge is 2.34. The van der Waals surface area contributed by atoms with Crippen molar-refractivity contribution in [1.29, 1.82) is 0 Å². The second-order valence-corrected chi connectivity index (χ2v) is 4.62. The molecule has 0 bridgehead atoms. The van der Waals surface area contributed by atoms with E-state index in [1.54, 1.807) is 14.1 Å². The fraction of sp³-hybridized carbons (Fsp3) is 0.385. The lowest BCUT2D eigenvalue weighted by Crippen LogP contribution is -2.54. The first-order chi connectivity index (χ1) is 9.00. The summed E-state index contributed by atoms with van der Waals surface area (Å²) < 4.78 is 12.9. The molecule has 1 aromatic carbocycles. The molecule has 2 rings (SSSR count). The van der Waals surface area contributed by atoms with Crippen LogP contribution in [0.25, 0.3) is 0 Å². The Morgan fingerprint density at radius 3 is 2.58 bits per heavy atom. The van der Waals surface area contributed by atoms with Crippen molar-refractivity contribution in [2.75, 3.05) is 27.2 Å². The van der Waals surface area contributed by atoms with Gasteiger partial charge in [0.15, 0.2) is 0 Å². The third kappa shape index (κ3) is 2.67. The van der Waals surface area contributed by atoms with Crippen molar-refractivity contribution in [3.8, 4) is 0 Å². The predicted octanol–water partition coefficient (Wildman–Crippen LogP) is 0.980. The van der Waals surface area contributed by atoms with Crippen LogP contribution in [0.15, 0.2) is 24.3 Å². The number of carbonyl (C=O) groups is 2. The lowest BCUT2D eigenvalue weighted by Gasteiger charge is -2.36. The Hall–Kier alpha value is -2.11. The second-order valence-electron chi connectivity index (χ2n) is 4.62. The van der Waals surface area contributed by atoms with E-state index in [4.69, 9.17) is 0 Å². The summed E-state index contributed by atoms with van der Waals surface area (Å²) in [5.74, 6) is -0.612. The van der Waals surface area contributed by atoms with Crippen molar-refractivity contribution < 1.29 is 14.0 Å². The minimum absolute atomic E-state index is 0.232. The normalized spacial score (nSPS) is 19.0. The molecule has 6 heteroatoms. The molecule has 3 amide bonds. The van der Waals surface area contributed by atoms with Crippen molar-refractivity contribution in [3.63, 3.8) is 0 Å². The maximum absolute atomic E-state index is 12.9. The van der Waals surface area contributed by atoms with Gasteiger partial charge in [-0.2, -0.15) is 0 Å². The molecule has 1 aromatic rings. The highest BCUT2D eigenvalue weighted by Crippen LogP contribution is 2.24. The van der Waals surface area contributed by atoms with Crippen LogP contribution in [-0.2, 0) is 4.79 Å². The number of carbonyl (C=O) groups excluding carboxylic acids is 2. The first-order valence-corrected chi connectivity index (χ1v) is 6.02. The summed E-state index contributed by atoms with van der Waals surface area (Å²) in [6.45, 7) is 0.862. The summed E-state index contributed by atoms with van der Waals surface area (Å²) in [6.07, 6.45) is 0. The Bertz CT molecular complexity index is 487. The fourth-order valence-electron chi connectivity index (χ4n) is 2.11. The van der Waals surface area contributed by atoms with E-state index in [0.29, 0.717) is 18.7 Å². The molecule has 1 saturated heterocycles. The molecular weight excluding hydrogens is 249 g/mol. The number of hydrogen-bond donors (Lipinski definition) is 1. The van der Waals surface area contributed by atoms with E-state index in [1.807, 2.05) is 0 Å². The molecule has 1 N–H and O–H groups in total. The molecule has 1 aliphatic rings. The molecule has 1 unspecified atom stereocenters. The van der Waals surface area contributed by atoms with Gasteiger partial charge in [-0.25, -0.2) is 9.18 Å². The summed E-state index contributed by atoms with van der Waals surface area (Å²) in [5.41, 5.74) is 0.605. The summed E-state index contributed by atoms with van der Waals surface area (Å²) in [6, 6.07) is 4.70. The van der Waals surface area contributed by atoms with Gasteiger partial charge in [-0.3, -0.25) is 4.79 Å². The maximum atomic E-state index is 12.9. The predicted molar refractivity (Wildman–Crippen MR) is 67.9 cm³/mol. The second kappa shape index (κ2) is 5.26. The standard InChI is InChI=1S/C13H16FN3O2/c1-16(2)13(19)17-8-7-15-12(18)11(17)9-3-5-10(14)6-4-9/h3-6,11H,7-8H2,1-2H3,(H,15,18). The van der Waals surface area contributed by atoms with Gasteiger partial charge < -0.3 is 15.1 Å². The van der Waals surface area contributed by atoms with Crippen LogP contribution >= 0.6 is 0 Å². The zero-order chi connectivity index (χ0) is 14.0. The first-order valence-electron chi connectivity index (χ1n) is 6.02. The van der Waals surface area contributed by atoms with Crippen LogP contribution < -0.4 is 5.32 Å². The van der Waals surface area contributed by atoms with Gasteiger partial charge in [0.1, 0.15) is 11.9 Å². The number of hydrogen-bond acceptors (Lipinski definition) is 2. The SMILES string of the molecule is CN(C)C(=O)N1CCNC(=O)C1c1ccc(F)cc1. The Balaban J connectivity index is 2.33. The summed E-state index contributed by atoms with van der Waals surface area (Å²) in [7, 11) is 3.27. The average molecular weight is 265 g/mol. The Morgan fingerprint density at radius 2 is 2.00 bits per heavy atom. The van der Waals surface area contributed by atoms with Crippen molar-refractivity contribution in [3.05, 3.63) is 35.6 Å². The van der Waals surface area contributed by atoms with Gasteiger partial charge in [0.25, 0.3) is 0 Å². The number of piperazine rings is 1. The van der Waals surface area contributed by atoms with Gasteiger partial charge in [0.2, 0.25) is 5.91 Å². The van der Waals surface area contributed by atoms with E-state index >= 15 is 0 Å². The number of rotatable bonds is 1. The third-order valence-electron chi connectivity index (χ3n) is 3.03. The Labute approximate surface area is 111 Å². The van der Waals surface area contributed by atoms with Gasteiger partial charge in [-0.15, -0.1) is 0 Å². The Kier molecular flexibility index (Phi) is 3.69. The Morgan fingerprint density at radius 1 is 1.37 bits per heavy atom. The maximum Gasteiger partial charge on any atom is 0.320 e. The smallest absolute Gasteiger partial charge is 0.320 e. The lowest BCUT2D eigenvalue weighted by molar-refractivity contribution is -0.128. The molecule has 102 valence electrons. The summed E-state index contributed by atoms with van der Waals surface area (Å²) in [4.78, 5) is 27.0. The molecule has 0 saturated carbocycles. The van der Waals surface area contributed by atoms with Crippen LogP contribution in [-0.4, -0.2) is 48.9 Å². The molecule has 1 aliphatic heterocycles. The monoisotopic (exact) mass is 265 g/mol. The van der Waals surface area contributed by atoms with E-state index in [2.05, 4.69) is 5.32 Å². The van der Waals surface area contributed by atoms with E-state index in [9.17, 15) is 14.0 Å². The van der Waals surface area contributed by atoms with Crippen LogP contribution in [0.3, 0.4) is 0 Å². The lowest BCUT2D eigenvalue weighted by atomic mass is 10.0. The van der Waals surface area contributed by atoms with E-state index in [1.165, 1.54) is 34.1 Å². The quantitative estimate of drug-likeness (QED) is 0.823. The van der Waals surface area contributed by atoms with Crippen LogP contribution in [0.2, 0.25) is 0 Å². The number of urea groups is 1. The molecule has 1 atom stereocenters. The van der Waals surface area contributed by atoms with Crippen molar-refractivity contribution in [2.45, 2.75) is 6.04 Å². The van der Waals surface area contributed by atoms with Gasteiger partial charge in [-0.1, -0.05) is 12.1 Å². The molecule has 0 radical (unpaired) electrons. The number of amides is 3. The van der Waals surface area contributed by atoms with Crippen molar-refractivity contribution in [2.24, 2.45) is 0 Å². The third-order valence-corrected chi connectivity index (χ3v) is 3.03. The minimum atomic E-state index is -0.704. The molecule has 5 nitrogen and oxygen atoms in total. The van der Waals surface area contributed by atoms with Gasteiger partial charge >= 0.3 is 6.03 Å².